The largest absolute Gasteiger partial charge is 0.469 e. The highest BCUT2D eigenvalue weighted by Gasteiger charge is 2.00. The third-order valence-corrected chi connectivity index (χ3v) is 2.48. The molecule has 0 saturated heterocycles. The zero-order valence-corrected chi connectivity index (χ0v) is 14.8. The molecular formula is C13H28IN3O2. The van der Waals surface area contributed by atoms with Gasteiger partial charge < -0.3 is 15.4 Å². The van der Waals surface area contributed by atoms with E-state index < -0.39 is 0 Å². The van der Waals surface area contributed by atoms with Crippen LogP contribution in [0.2, 0.25) is 0 Å². The molecule has 114 valence electrons. The molecule has 0 aliphatic heterocycles. The molecular weight excluding hydrogens is 357 g/mol. The normalized spacial score (nSPS) is 10.9. The Labute approximate surface area is 134 Å². The molecule has 0 aromatic rings. The summed E-state index contributed by atoms with van der Waals surface area (Å²) in [6.45, 7) is 5.07. The van der Waals surface area contributed by atoms with Gasteiger partial charge in [-0.25, -0.2) is 0 Å². The van der Waals surface area contributed by atoms with E-state index in [-0.39, 0.29) is 29.9 Å². The highest BCUT2D eigenvalue weighted by atomic mass is 127. The lowest BCUT2D eigenvalue weighted by molar-refractivity contribution is -0.140. The quantitative estimate of drug-likeness (QED) is 0.221. The molecule has 0 rings (SSSR count). The van der Waals surface area contributed by atoms with E-state index in [0.717, 1.165) is 38.2 Å². The molecule has 0 aliphatic rings. The highest BCUT2D eigenvalue weighted by molar-refractivity contribution is 14.0. The fraction of sp³-hybridized carbons (Fsp3) is 0.846. The van der Waals surface area contributed by atoms with Crippen molar-refractivity contribution < 1.29 is 9.53 Å². The van der Waals surface area contributed by atoms with Gasteiger partial charge >= 0.3 is 5.97 Å². The molecule has 0 aromatic heterocycles. The van der Waals surface area contributed by atoms with E-state index in [4.69, 9.17) is 0 Å². The smallest absolute Gasteiger partial charge is 0.305 e. The minimum atomic E-state index is -0.116. The molecule has 0 aromatic carbocycles. The van der Waals surface area contributed by atoms with Crippen molar-refractivity contribution in [1.82, 2.24) is 10.6 Å². The van der Waals surface area contributed by atoms with Crippen LogP contribution >= 0.6 is 24.0 Å². The number of esters is 1. The number of carbonyl (C=O) groups excluding carboxylic acids is 1. The maximum absolute atomic E-state index is 10.9. The number of rotatable bonds is 8. The van der Waals surface area contributed by atoms with E-state index in [1.54, 1.807) is 7.05 Å². The van der Waals surface area contributed by atoms with Crippen molar-refractivity contribution in [3.63, 3.8) is 0 Å². The topological polar surface area (TPSA) is 62.7 Å². The second kappa shape index (κ2) is 13.9. The van der Waals surface area contributed by atoms with E-state index in [9.17, 15) is 4.79 Å². The van der Waals surface area contributed by atoms with Gasteiger partial charge in [0.1, 0.15) is 0 Å². The number of methoxy groups -OCH3 is 1. The highest BCUT2D eigenvalue weighted by Crippen LogP contribution is 2.03. The number of hydrogen-bond acceptors (Lipinski definition) is 3. The average molecular weight is 385 g/mol. The lowest BCUT2D eigenvalue weighted by Gasteiger charge is -2.14. The zero-order chi connectivity index (χ0) is 13.8. The van der Waals surface area contributed by atoms with Gasteiger partial charge in [-0.05, 0) is 26.7 Å². The molecule has 0 unspecified atom stereocenters. The van der Waals surface area contributed by atoms with Gasteiger partial charge in [-0.3, -0.25) is 9.79 Å². The molecule has 0 amide bonds. The van der Waals surface area contributed by atoms with Crippen molar-refractivity contribution in [1.29, 1.82) is 0 Å². The maximum atomic E-state index is 10.9. The standard InChI is InChI=1S/C13H27N3O2.HI/c1-11(2)16-13(14-3)15-10-8-6-5-7-9-12(17)18-4;/h11H,5-10H2,1-4H3,(H2,14,15,16);1H. The van der Waals surface area contributed by atoms with Crippen LogP contribution in [0.1, 0.15) is 46.0 Å². The molecule has 0 heterocycles. The van der Waals surface area contributed by atoms with Crippen molar-refractivity contribution in [3.8, 4) is 0 Å². The molecule has 19 heavy (non-hydrogen) atoms. The number of guanidine groups is 1. The summed E-state index contributed by atoms with van der Waals surface area (Å²) in [6.07, 6.45) is 4.70. The first-order valence-corrected chi connectivity index (χ1v) is 6.64. The fourth-order valence-corrected chi connectivity index (χ4v) is 1.52. The lowest BCUT2D eigenvalue weighted by Crippen LogP contribution is -2.41. The van der Waals surface area contributed by atoms with Gasteiger partial charge in [0.15, 0.2) is 5.96 Å². The first kappa shape index (κ1) is 20.8. The summed E-state index contributed by atoms with van der Waals surface area (Å²) in [5.41, 5.74) is 0. The number of nitrogens with one attached hydrogen (secondary N) is 2. The van der Waals surface area contributed by atoms with Crippen LogP contribution in [-0.2, 0) is 9.53 Å². The number of ether oxygens (including phenoxy) is 1. The Hall–Kier alpha value is -0.530. The van der Waals surface area contributed by atoms with Crippen LogP contribution < -0.4 is 10.6 Å². The second-order valence-electron chi connectivity index (χ2n) is 4.54. The summed E-state index contributed by atoms with van der Waals surface area (Å²) < 4.78 is 4.59. The zero-order valence-electron chi connectivity index (χ0n) is 12.5. The number of halogens is 1. The molecule has 0 spiro atoms. The molecule has 0 saturated carbocycles. The summed E-state index contributed by atoms with van der Waals surface area (Å²) in [5.74, 6) is 0.731. The van der Waals surface area contributed by atoms with Gasteiger partial charge in [-0.1, -0.05) is 12.8 Å². The number of hydrogen-bond donors (Lipinski definition) is 2. The lowest BCUT2D eigenvalue weighted by atomic mass is 10.1. The predicted octanol–water partition coefficient (Wildman–Crippen LogP) is 2.30. The number of nitrogens with zero attached hydrogens (tertiary/aromatic N) is 1. The molecule has 0 radical (unpaired) electrons. The van der Waals surface area contributed by atoms with Crippen LogP contribution in [-0.4, -0.2) is 38.7 Å². The Morgan fingerprint density at radius 1 is 1.21 bits per heavy atom. The van der Waals surface area contributed by atoms with Gasteiger partial charge in [0.05, 0.1) is 7.11 Å². The van der Waals surface area contributed by atoms with Crippen molar-refractivity contribution in [2.45, 2.75) is 52.0 Å². The minimum Gasteiger partial charge on any atom is -0.469 e. The molecule has 0 bridgehead atoms. The van der Waals surface area contributed by atoms with E-state index >= 15 is 0 Å². The monoisotopic (exact) mass is 385 g/mol. The van der Waals surface area contributed by atoms with Crippen LogP contribution in [0.4, 0.5) is 0 Å². The van der Waals surface area contributed by atoms with Crippen molar-refractivity contribution in [2.75, 3.05) is 20.7 Å². The summed E-state index contributed by atoms with van der Waals surface area (Å²) in [7, 11) is 3.20. The molecule has 2 N–H and O–H groups in total. The Kier molecular flexibility index (Phi) is 15.2. The Bertz CT molecular complexity index is 258. The summed E-state index contributed by atoms with van der Waals surface area (Å²) >= 11 is 0. The van der Waals surface area contributed by atoms with Crippen LogP contribution in [0, 0.1) is 0 Å². The first-order chi connectivity index (χ1) is 8.60. The Balaban J connectivity index is 0. The first-order valence-electron chi connectivity index (χ1n) is 6.64. The molecule has 0 atom stereocenters. The summed E-state index contributed by atoms with van der Waals surface area (Å²) in [6, 6.07) is 0.385. The van der Waals surface area contributed by atoms with E-state index in [0.29, 0.717) is 12.5 Å². The third-order valence-electron chi connectivity index (χ3n) is 2.48. The SMILES string of the molecule is CN=C(NCCCCCCC(=O)OC)NC(C)C.I. The van der Waals surface area contributed by atoms with Crippen LogP contribution in [0.5, 0.6) is 0 Å². The van der Waals surface area contributed by atoms with Gasteiger partial charge in [0.25, 0.3) is 0 Å². The number of unbranched alkanes of at least 4 members (excludes halogenated alkanes) is 3. The van der Waals surface area contributed by atoms with E-state index in [1.165, 1.54) is 7.11 Å². The van der Waals surface area contributed by atoms with Crippen LogP contribution in [0.15, 0.2) is 4.99 Å². The average Bonchev–Trinajstić information content (AvgIpc) is 2.35. The fourth-order valence-electron chi connectivity index (χ4n) is 1.52. The third kappa shape index (κ3) is 13.7. The van der Waals surface area contributed by atoms with Crippen molar-refractivity contribution >= 4 is 35.9 Å². The van der Waals surface area contributed by atoms with E-state index in [2.05, 4.69) is 34.2 Å². The van der Waals surface area contributed by atoms with Crippen LogP contribution in [0.3, 0.4) is 0 Å². The Morgan fingerprint density at radius 3 is 2.37 bits per heavy atom. The minimum absolute atomic E-state index is 0. The number of aliphatic imine (C=N–C) groups is 1. The maximum Gasteiger partial charge on any atom is 0.305 e. The molecule has 5 nitrogen and oxygen atoms in total. The summed E-state index contributed by atoms with van der Waals surface area (Å²) in [5, 5.41) is 6.49. The molecule has 6 heteroatoms. The van der Waals surface area contributed by atoms with Crippen LogP contribution in [0.25, 0.3) is 0 Å². The van der Waals surface area contributed by atoms with Gasteiger partial charge in [-0.15, -0.1) is 24.0 Å². The Morgan fingerprint density at radius 2 is 1.84 bits per heavy atom. The second-order valence-corrected chi connectivity index (χ2v) is 4.54. The molecule has 0 aliphatic carbocycles. The number of carbonyl (C=O) groups is 1. The van der Waals surface area contributed by atoms with Gasteiger partial charge in [0, 0.05) is 26.1 Å². The van der Waals surface area contributed by atoms with Gasteiger partial charge in [0.2, 0.25) is 0 Å². The molecule has 0 fully saturated rings. The van der Waals surface area contributed by atoms with Gasteiger partial charge in [-0.2, -0.15) is 0 Å². The van der Waals surface area contributed by atoms with Crippen molar-refractivity contribution in [3.05, 3.63) is 0 Å². The van der Waals surface area contributed by atoms with E-state index in [1.807, 2.05) is 0 Å². The predicted molar refractivity (Wildman–Crippen MR) is 90.1 cm³/mol. The van der Waals surface area contributed by atoms with Crippen molar-refractivity contribution in [2.24, 2.45) is 4.99 Å². The summed E-state index contributed by atoms with van der Waals surface area (Å²) in [4.78, 5) is 15.0.